The van der Waals surface area contributed by atoms with Gasteiger partial charge in [0.05, 0.1) is 12.1 Å². The highest BCUT2D eigenvalue weighted by atomic mass is 19.4. The Hall–Kier alpha value is -1.53. The van der Waals surface area contributed by atoms with Gasteiger partial charge in [0, 0.05) is 6.04 Å². The number of carbonyl (C=O) groups is 1. The van der Waals surface area contributed by atoms with E-state index in [9.17, 15) is 18.0 Å². The monoisotopic (exact) mass is 236 g/mol. The van der Waals surface area contributed by atoms with Crippen molar-refractivity contribution in [3.05, 3.63) is 17.5 Å². The number of nitrogens with zero attached hydrogens (tertiary/aromatic N) is 2. The first-order valence-electron chi connectivity index (χ1n) is 4.59. The van der Waals surface area contributed by atoms with Crippen molar-refractivity contribution >= 4 is 5.97 Å². The van der Waals surface area contributed by atoms with Crippen LogP contribution in [0.4, 0.5) is 13.2 Å². The maximum atomic E-state index is 12.6. The fourth-order valence-corrected chi connectivity index (χ4v) is 1.29. The summed E-state index contributed by atoms with van der Waals surface area (Å²) in [7, 11) is 0. The Bertz CT molecular complexity index is 396. The van der Waals surface area contributed by atoms with Crippen LogP contribution >= 0.6 is 0 Å². The molecule has 4 nitrogen and oxygen atoms in total. The van der Waals surface area contributed by atoms with Crippen LogP contribution in [-0.4, -0.2) is 20.9 Å². The van der Waals surface area contributed by atoms with Gasteiger partial charge in [0.15, 0.2) is 0 Å². The third-order valence-electron chi connectivity index (χ3n) is 1.90. The van der Waals surface area contributed by atoms with Gasteiger partial charge in [-0.3, -0.25) is 9.48 Å². The lowest BCUT2D eigenvalue weighted by molar-refractivity contribution is -0.144. The zero-order valence-corrected chi connectivity index (χ0v) is 8.75. The minimum Gasteiger partial charge on any atom is -0.481 e. The lowest BCUT2D eigenvalue weighted by atomic mass is 10.3. The summed E-state index contributed by atoms with van der Waals surface area (Å²) in [5.41, 5.74) is -1.01. The van der Waals surface area contributed by atoms with Crippen LogP contribution in [0.3, 0.4) is 0 Å². The highest BCUT2D eigenvalue weighted by Crippen LogP contribution is 2.31. The van der Waals surface area contributed by atoms with Gasteiger partial charge in [-0.05, 0) is 19.9 Å². The van der Waals surface area contributed by atoms with Gasteiger partial charge in [-0.15, -0.1) is 0 Å². The molecule has 1 aromatic heterocycles. The molecule has 16 heavy (non-hydrogen) atoms. The van der Waals surface area contributed by atoms with Crippen LogP contribution in [0.2, 0.25) is 0 Å². The Balaban J connectivity index is 3.15. The zero-order chi connectivity index (χ0) is 12.5. The number of alkyl halides is 3. The molecule has 1 N–H and O–H groups in total. The van der Waals surface area contributed by atoms with Crippen molar-refractivity contribution in [2.75, 3.05) is 0 Å². The van der Waals surface area contributed by atoms with Crippen molar-refractivity contribution < 1.29 is 23.1 Å². The van der Waals surface area contributed by atoms with Crippen LogP contribution in [0.25, 0.3) is 0 Å². The van der Waals surface area contributed by atoms with E-state index in [4.69, 9.17) is 5.11 Å². The Labute approximate surface area is 89.7 Å². The molecule has 0 aliphatic heterocycles. The first-order valence-corrected chi connectivity index (χ1v) is 4.59. The van der Waals surface area contributed by atoms with Crippen LogP contribution in [-0.2, 0) is 17.4 Å². The van der Waals surface area contributed by atoms with Gasteiger partial charge in [-0.25, -0.2) is 0 Å². The number of hydrogen-bond acceptors (Lipinski definition) is 2. The van der Waals surface area contributed by atoms with Gasteiger partial charge in [0.25, 0.3) is 0 Å². The molecule has 0 unspecified atom stereocenters. The highest BCUT2D eigenvalue weighted by Gasteiger charge is 2.36. The molecular formula is C9H11F3N2O2. The molecule has 1 heterocycles. The van der Waals surface area contributed by atoms with Crippen molar-refractivity contribution in [2.24, 2.45) is 0 Å². The molecule has 1 aromatic rings. The lowest BCUT2D eigenvalue weighted by Gasteiger charge is -2.12. The van der Waals surface area contributed by atoms with Crippen molar-refractivity contribution in [3.8, 4) is 0 Å². The van der Waals surface area contributed by atoms with Crippen LogP contribution in [0.1, 0.15) is 31.3 Å². The quantitative estimate of drug-likeness (QED) is 0.874. The predicted octanol–water partition coefficient (Wildman–Crippen LogP) is 2.11. The zero-order valence-electron chi connectivity index (χ0n) is 8.75. The maximum Gasteiger partial charge on any atom is 0.433 e. The molecule has 0 spiro atoms. The lowest BCUT2D eigenvalue weighted by Crippen LogP contribution is -2.16. The molecular weight excluding hydrogens is 225 g/mol. The van der Waals surface area contributed by atoms with Crippen molar-refractivity contribution in [2.45, 2.75) is 32.5 Å². The second kappa shape index (κ2) is 4.15. The first kappa shape index (κ1) is 12.5. The van der Waals surface area contributed by atoms with Crippen LogP contribution in [0.15, 0.2) is 6.07 Å². The Morgan fingerprint density at radius 1 is 1.56 bits per heavy atom. The minimum absolute atomic E-state index is 0.0893. The van der Waals surface area contributed by atoms with E-state index in [0.717, 1.165) is 10.7 Å². The number of aliphatic carboxylic acids is 1. The van der Waals surface area contributed by atoms with E-state index in [1.165, 1.54) is 0 Å². The van der Waals surface area contributed by atoms with E-state index in [2.05, 4.69) is 5.10 Å². The first-order chi connectivity index (χ1) is 7.21. The van der Waals surface area contributed by atoms with Crippen LogP contribution < -0.4 is 0 Å². The molecule has 0 aromatic carbocycles. The smallest absolute Gasteiger partial charge is 0.433 e. The minimum atomic E-state index is -4.52. The number of rotatable bonds is 3. The van der Waals surface area contributed by atoms with E-state index in [-0.39, 0.29) is 5.69 Å². The van der Waals surface area contributed by atoms with Gasteiger partial charge in [-0.2, -0.15) is 18.3 Å². The summed E-state index contributed by atoms with van der Waals surface area (Å²) in [5.74, 6) is -1.21. The Morgan fingerprint density at radius 2 is 2.12 bits per heavy atom. The molecule has 0 amide bonds. The molecule has 0 aliphatic carbocycles. The molecule has 0 bridgehead atoms. The fourth-order valence-electron chi connectivity index (χ4n) is 1.29. The van der Waals surface area contributed by atoms with Gasteiger partial charge in [0.1, 0.15) is 5.69 Å². The van der Waals surface area contributed by atoms with Crippen molar-refractivity contribution in [1.82, 2.24) is 9.78 Å². The molecule has 0 atom stereocenters. The van der Waals surface area contributed by atoms with Gasteiger partial charge >= 0.3 is 12.1 Å². The fraction of sp³-hybridized carbons (Fsp3) is 0.556. The molecule has 0 aliphatic rings. The van der Waals surface area contributed by atoms with E-state index in [0.29, 0.717) is 0 Å². The number of aromatic nitrogens is 2. The molecule has 7 heteroatoms. The summed E-state index contributed by atoms with van der Waals surface area (Å²) in [5, 5.41) is 12.1. The van der Waals surface area contributed by atoms with E-state index >= 15 is 0 Å². The highest BCUT2D eigenvalue weighted by molar-refractivity contribution is 5.69. The molecule has 90 valence electrons. The van der Waals surface area contributed by atoms with Crippen LogP contribution in [0, 0.1) is 0 Å². The summed E-state index contributed by atoms with van der Waals surface area (Å²) in [4.78, 5) is 10.4. The van der Waals surface area contributed by atoms with Crippen LogP contribution in [0.5, 0.6) is 0 Å². The second-order valence-corrected chi connectivity index (χ2v) is 3.63. The third-order valence-corrected chi connectivity index (χ3v) is 1.90. The third kappa shape index (κ3) is 2.74. The average molecular weight is 236 g/mol. The summed E-state index contributed by atoms with van der Waals surface area (Å²) >= 11 is 0. The molecule has 0 saturated heterocycles. The average Bonchev–Trinajstić information content (AvgIpc) is 2.45. The van der Waals surface area contributed by atoms with Gasteiger partial charge in [0.2, 0.25) is 0 Å². The predicted molar refractivity (Wildman–Crippen MR) is 49.0 cm³/mol. The number of carboxylic acid groups (broad SMARTS) is 1. The Kier molecular flexibility index (Phi) is 3.25. The summed E-state index contributed by atoms with van der Waals surface area (Å²) in [6.45, 7) is 3.10. The molecule has 0 radical (unpaired) electrons. The van der Waals surface area contributed by atoms with Crippen molar-refractivity contribution in [1.29, 1.82) is 0 Å². The Morgan fingerprint density at radius 3 is 2.44 bits per heavy atom. The van der Waals surface area contributed by atoms with E-state index < -0.39 is 30.3 Å². The summed E-state index contributed by atoms with van der Waals surface area (Å²) in [6, 6.07) is 0.299. The number of halogens is 3. The SMILES string of the molecule is CC(C)n1nc(CC(=O)O)cc1C(F)(F)F. The molecule has 0 fully saturated rings. The maximum absolute atomic E-state index is 12.6. The molecule has 1 rings (SSSR count). The summed E-state index contributed by atoms with van der Waals surface area (Å²) < 4.78 is 38.4. The largest absolute Gasteiger partial charge is 0.481 e. The second-order valence-electron chi connectivity index (χ2n) is 3.63. The number of hydrogen-bond donors (Lipinski definition) is 1. The van der Waals surface area contributed by atoms with Gasteiger partial charge < -0.3 is 5.11 Å². The standard InChI is InChI=1S/C9H11F3N2O2/c1-5(2)14-7(9(10,11)12)3-6(13-14)4-8(15)16/h3,5H,4H2,1-2H3,(H,15,16). The van der Waals surface area contributed by atoms with Gasteiger partial charge in [-0.1, -0.05) is 0 Å². The molecule has 0 saturated carbocycles. The van der Waals surface area contributed by atoms with E-state index in [1.54, 1.807) is 13.8 Å². The number of carboxylic acids is 1. The van der Waals surface area contributed by atoms with Crippen molar-refractivity contribution in [3.63, 3.8) is 0 Å². The topological polar surface area (TPSA) is 55.1 Å². The van der Waals surface area contributed by atoms with E-state index in [1.807, 2.05) is 0 Å². The summed E-state index contributed by atoms with van der Waals surface area (Å²) in [6.07, 6.45) is -5.03. The normalized spacial score (nSPS) is 12.1.